The lowest BCUT2D eigenvalue weighted by Gasteiger charge is -2.23. The van der Waals surface area contributed by atoms with Crippen LogP contribution in [0.3, 0.4) is 0 Å². The van der Waals surface area contributed by atoms with E-state index in [1.807, 2.05) is 53.4 Å². The van der Waals surface area contributed by atoms with Crippen molar-refractivity contribution in [2.75, 3.05) is 31.4 Å². The van der Waals surface area contributed by atoms with E-state index in [1.165, 1.54) is 5.56 Å². The highest BCUT2D eigenvalue weighted by Crippen LogP contribution is 2.54. The van der Waals surface area contributed by atoms with Crippen LogP contribution in [0.4, 0.5) is 5.69 Å². The van der Waals surface area contributed by atoms with Crippen LogP contribution in [-0.2, 0) is 16.8 Å². The summed E-state index contributed by atoms with van der Waals surface area (Å²) < 4.78 is 17.1. The van der Waals surface area contributed by atoms with E-state index in [1.54, 1.807) is 12.4 Å². The van der Waals surface area contributed by atoms with Crippen LogP contribution in [0.2, 0.25) is 0 Å². The van der Waals surface area contributed by atoms with Crippen LogP contribution in [0.1, 0.15) is 23.1 Å². The molecular formula is C25H23N3O4. The van der Waals surface area contributed by atoms with Crippen LogP contribution in [0.25, 0.3) is 0 Å². The second-order valence-electron chi connectivity index (χ2n) is 8.26. The average Bonchev–Trinajstić information content (AvgIpc) is 3.50. The number of nitrogens with zero attached hydrogens (tertiary/aromatic N) is 2. The number of para-hydroxylation sites is 1. The molecule has 1 unspecified atom stereocenters. The first-order chi connectivity index (χ1) is 15.8. The summed E-state index contributed by atoms with van der Waals surface area (Å²) in [5.41, 5.74) is 3.17. The van der Waals surface area contributed by atoms with Gasteiger partial charge in [0, 0.05) is 42.8 Å². The summed E-state index contributed by atoms with van der Waals surface area (Å²) in [6.45, 7) is 2.71. The van der Waals surface area contributed by atoms with Crippen LogP contribution >= 0.6 is 0 Å². The Hall–Kier alpha value is -3.58. The number of amides is 1. The quantitative estimate of drug-likeness (QED) is 0.608. The summed E-state index contributed by atoms with van der Waals surface area (Å²) in [7, 11) is 0. The normalized spacial score (nSPS) is 19.9. The zero-order valence-corrected chi connectivity index (χ0v) is 17.5. The van der Waals surface area contributed by atoms with Gasteiger partial charge in [-0.1, -0.05) is 18.2 Å². The Kier molecular flexibility index (Phi) is 4.50. The largest absolute Gasteiger partial charge is 0.491 e. The second-order valence-corrected chi connectivity index (χ2v) is 8.26. The number of pyridine rings is 1. The number of hydrogen-bond acceptors (Lipinski definition) is 6. The molecule has 32 heavy (non-hydrogen) atoms. The molecular weight excluding hydrogens is 406 g/mol. The summed E-state index contributed by atoms with van der Waals surface area (Å²) in [4.78, 5) is 19.8. The van der Waals surface area contributed by atoms with Gasteiger partial charge in [-0.05, 0) is 48.4 Å². The van der Waals surface area contributed by atoms with E-state index >= 15 is 0 Å². The first-order valence-corrected chi connectivity index (χ1v) is 10.9. The van der Waals surface area contributed by atoms with Gasteiger partial charge in [0.25, 0.3) is 0 Å². The third-order valence-electron chi connectivity index (χ3n) is 6.46. The van der Waals surface area contributed by atoms with Gasteiger partial charge in [-0.2, -0.15) is 0 Å². The van der Waals surface area contributed by atoms with E-state index in [9.17, 15) is 4.79 Å². The summed E-state index contributed by atoms with van der Waals surface area (Å²) in [6.07, 6.45) is 4.44. The van der Waals surface area contributed by atoms with Crippen LogP contribution in [-0.4, -0.2) is 37.4 Å². The summed E-state index contributed by atoms with van der Waals surface area (Å²) in [5, 5.41) is 3.45. The van der Waals surface area contributed by atoms with E-state index in [4.69, 9.17) is 14.2 Å². The molecule has 0 saturated heterocycles. The Morgan fingerprint density at radius 2 is 1.78 bits per heavy atom. The zero-order chi connectivity index (χ0) is 21.5. The minimum absolute atomic E-state index is 0.0606. The molecule has 162 valence electrons. The molecule has 3 aromatic rings. The number of anilines is 1. The molecule has 2 aromatic carbocycles. The summed E-state index contributed by atoms with van der Waals surface area (Å²) >= 11 is 0. The zero-order valence-electron chi connectivity index (χ0n) is 17.5. The third-order valence-corrected chi connectivity index (χ3v) is 6.46. The number of carbonyl (C=O) groups excluding carboxylic acids is 1. The van der Waals surface area contributed by atoms with Gasteiger partial charge in [-0.3, -0.25) is 9.78 Å². The highest BCUT2D eigenvalue weighted by atomic mass is 16.7. The Labute approximate surface area is 185 Å². The maximum absolute atomic E-state index is 13.9. The fourth-order valence-electron chi connectivity index (χ4n) is 4.88. The third kappa shape index (κ3) is 2.85. The van der Waals surface area contributed by atoms with Crippen molar-refractivity contribution in [1.82, 2.24) is 10.3 Å². The molecule has 0 saturated carbocycles. The van der Waals surface area contributed by atoms with Gasteiger partial charge in [0.2, 0.25) is 12.7 Å². The Balaban J connectivity index is 1.23. The van der Waals surface area contributed by atoms with Gasteiger partial charge in [-0.15, -0.1) is 0 Å². The molecule has 6 rings (SSSR count). The van der Waals surface area contributed by atoms with Crippen molar-refractivity contribution in [3.63, 3.8) is 0 Å². The van der Waals surface area contributed by atoms with Crippen molar-refractivity contribution in [3.05, 3.63) is 77.6 Å². The van der Waals surface area contributed by atoms with Crippen LogP contribution in [0.15, 0.2) is 60.9 Å². The molecule has 1 atom stereocenters. The van der Waals surface area contributed by atoms with Gasteiger partial charge < -0.3 is 24.4 Å². The lowest BCUT2D eigenvalue weighted by molar-refractivity contribution is -0.122. The molecule has 0 fully saturated rings. The van der Waals surface area contributed by atoms with Gasteiger partial charge in [0.15, 0.2) is 11.5 Å². The van der Waals surface area contributed by atoms with Crippen molar-refractivity contribution < 1.29 is 19.0 Å². The van der Waals surface area contributed by atoms with Crippen molar-refractivity contribution in [3.8, 4) is 17.2 Å². The van der Waals surface area contributed by atoms with E-state index in [2.05, 4.69) is 10.3 Å². The Morgan fingerprint density at radius 3 is 2.66 bits per heavy atom. The Bertz CT molecular complexity index is 1180. The van der Waals surface area contributed by atoms with Crippen molar-refractivity contribution in [1.29, 1.82) is 0 Å². The number of carbonyl (C=O) groups is 1. The van der Waals surface area contributed by atoms with Crippen molar-refractivity contribution >= 4 is 11.6 Å². The number of aromatic nitrogens is 1. The molecule has 3 aliphatic heterocycles. The van der Waals surface area contributed by atoms with E-state index in [-0.39, 0.29) is 19.3 Å². The van der Waals surface area contributed by atoms with Gasteiger partial charge in [-0.25, -0.2) is 0 Å². The number of benzene rings is 2. The molecule has 0 radical (unpaired) electrons. The van der Waals surface area contributed by atoms with Crippen LogP contribution < -0.4 is 24.4 Å². The molecule has 0 aliphatic carbocycles. The van der Waals surface area contributed by atoms with E-state index in [0.717, 1.165) is 36.3 Å². The maximum Gasteiger partial charge on any atom is 0.245 e. The molecule has 0 bridgehead atoms. The lowest BCUT2D eigenvalue weighted by Crippen LogP contribution is -2.43. The monoisotopic (exact) mass is 429 g/mol. The van der Waals surface area contributed by atoms with Gasteiger partial charge in [0.05, 0.1) is 0 Å². The van der Waals surface area contributed by atoms with E-state index in [0.29, 0.717) is 23.8 Å². The first kappa shape index (κ1) is 19.1. The predicted octanol–water partition coefficient (Wildman–Crippen LogP) is 3.02. The number of hydrogen-bond donors (Lipinski definition) is 1. The molecule has 1 N–H and O–H groups in total. The Morgan fingerprint density at radius 1 is 0.969 bits per heavy atom. The number of rotatable bonds is 6. The van der Waals surface area contributed by atoms with Gasteiger partial charge >= 0.3 is 0 Å². The van der Waals surface area contributed by atoms with Crippen molar-refractivity contribution in [2.24, 2.45) is 0 Å². The highest BCUT2D eigenvalue weighted by molar-refractivity contribution is 6.11. The smallest absolute Gasteiger partial charge is 0.245 e. The highest BCUT2D eigenvalue weighted by Gasteiger charge is 2.57. The second kappa shape index (κ2) is 7.53. The molecule has 7 nitrogen and oxygen atoms in total. The van der Waals surface area contributed by atoms with Crippen LogP contribution in [0, 0.1) is 0 Å². The maximum atomic E-state index is 13.9. The summed E-state index contributed by atoms with van der Waals surface area (Å²) in [6, 6.07) is 15.8. The van der Waals surface area contributed by atoms with E-state index < -0.39 is 5.41 Å². The molecule has 1 amide bonds. The molecule has 1 aromatic heterocycles. The average molecular weight is 429 g/mol. The first-order valence-electron chi connectivity index (χ1n) is 10.9. The molecule has 3 aliphatic rings. The SMILES string of the molecule is O=C1N(CCCNCc2ccncc2)c2ccccc2C12COc1cc3c(cc12)OCO3. The minimum Gasteiger partial charge on any atom is -0.491 e. The lowest BCUT2D eigenvalue weighted by atomic mass is 9.77. The number of fused-ring (bicyclic) bond motifs is 5. The van der Waals surface area contributed by atoms with Gasteiger partial charge in [0.1, 0.15) is 17.8 Å². The minimum atomic E-state index is -0.836. The predicted molar refractivity (Wildman–Crippen MR) is 118 cm³/mol. The molecule has 4 heterocycles. The fraction of sp³-hybridized carbons (Fsp3) is 0.280. The topological polar surface area (TPSA) is 72.9 Å². The standard InChI is InChI=1S/C25H23N3O4/c29-24-25(15-30-21-13-23-22(12-19(21)25)31-16-32-23)18-4-1-2-5-20(18)28(24)11-3-8-27-14-17-6-9-26-10-7-17/h1-2,4-7,9-10,12-13,27H,3,8,11,14-16H2. The summed E-state index contributed by atoms with van der Waals surface area (Å²) in [5.74, 6) is 2.08. The molecule has 7 heteroatoms. The fourth-order valence-corrected chi connectivity index (χ4v) is 4.88. The van der Waals surface area contributed by atoms with Crippen molar-refractivity contribution in [2.45, 2.75) is 18.4 Å². The number of ether oxygens (including phenoxy) is 3. The number of nitrogens with one attached hydrogen (secondary N) is 1. The van der Waals surface area contributed by atoms with Crippen LogP contribution in [0.5, 0.6) is 17.2 Å². The molecule has 1 spiro atoms.